The topological polar surface area (TPSA) is 70.0 Å². The van der Waals surface area contributed by atoms with E-state index in [1.54, 1.807) is 23.3 Å². The van der Waals surface area contributed by atoms with Gasteiger partial charge in [-0.25, -0.2) is 0 Å². The number of aliphatic carboxylic acids is 1. The van der Waals surface area contributed by atoms with Gasteiger partial charge in [0.15, 0.2) is 0 Å². The number of amides is 1. The number of nitrogens with zero attached hydrogens (tertiary/aromatic N) is 2. The van der Waals surface area contributed by atoms with Crippen LogP contribution in [0.25, 0.3) is 0 Å². The standard InChI is InChI=1S/C9H7BrN2O3/c10-5-1-2-7-11-9(15)6(3-8(13)14)12(7)4-5/h1-2,4,6H,3H2,(H,13,14)/t6-/m1/s1. The third kappa shape index (κ3) is 1.85. The predicted molar refractivity (Wildman–Crippen MR) is 56.5 cm³/mol. The van der Waals surface area contributed by atoms with Crippen LogP contribution in [0.15, 0.2) is 27.8 Å². The molecule has 0 spiro atoms. The van der Waals surface area contributed by atoms with Crippen LogP contribution in [-0.4, -0.2) is 33.8 Å². The number of aliphatic imine (C=N–C) groups is 1. The first kappa shape index (κ1) is 10.1. The summed E-state index contributed by atoms with van der Waals surface area (Å²) in [4.78, 5) is 27.3. The Labute approximate surface area is 93.9 Å². The lowest BCUT2D eigenvalue weighted by Crippen LogP contribution is -2.36. The molecule has 0 bridgehead atoms. The molecule has 6 heteroatoms. The van der Waals surface area contributed by atoms with Gasteiger partial charge in [0, 0.05) is 10.7 Å². The highest BCUT2D eigenvalue weighted by atomic mass is 79.9. The van der Waals surface area contributed by atoms with Crippen molar-refractivity contribution in [3.63, 3.8) is 0 Å². The molecule has 0 fully saturated rings. The number of rotatable bonds is 2. The number of hydrogen-bond acceptors (Lipinski definition) is 3. The number of amidine groups is 1. The van der Waals surface area contributed by atoms with E-state index in [4.69, 9.17) is 5.11 Å². The summed E-state index contributed by atoms with van der Waals surface area (Å²) >= 11 is 3.26. The van der Waals surface area contributed by atoms with Crippen LogP contribution in [0.1, 0.15) is 6.42 Å². The van der Waals surface area contributed by atoms with Gasteiger partial charge in [0.1, 0.15) is 11.9 Å². The Kier molecular flexibility index (Phi) is 2.44. The number of carboxylic acid groups (broad SMARTS) is 1. The largest absolute Gasteiger partial charge is 0.481 e. The van der Waals surface area contributed by atoms with E-state index in [2.05, 4.69) is 20.9 Å². The van der Waals surface area contributed by atoms with Gasteiger partial charge < -0.3 is 10.0 Å². The van der Waals surface area contributed by atoms with E-state index < -0.39 is 17.9 Å². The van der Waals surface area contributed by atoms with Crippen LogP contribution >= 0.6 is 15.9 Å². The average molecular weight is 271 g/mol. The Morgan fingerprint density at radius 1 is 1.60 bits per heavy atom. The van der Waals surface area contributed by atoms with Crippen LogP contribution in [0, 0.1) is 0 Å². The average Bonchev–Trinajstić information content (AvgIpc) is 2.43. The van der Waals surface area contributed by atoms with Gasteiger partial charge >= 0.3 is 5.97 Å². The van der Waals surface area contributed by atoms with Gasteiger partial charge in [-0.15, -0.1) is 0 Å². The lowest BCUT2D eigenvalue weighted by atomic mass is 10.2. The minimum absolute atomic E-state index is 0.240. The first-order valence-electron chi connectivity index (χ1n) is 4.26. The van der Waals surface area contributed by atoms with E-state index in [1.807, 2.05) is 0 Å². The highest BCUT2D eigenvalue weighted by Crippen LogP contribution is 2.23. The molecule has 0 aromatic carbocycles. The first-order valence-corrected chi connectivity index (χ1v) is 5.05. The van der Waals surface area contributed by atoms with E-state index in [1.165, 1.54) is 0 Å². The smallest absolute Gasteiger partial charge is 0.306 e. The molecule has 0 aromatic heterocycles. The second kappa shape index (κ2) is 3.62. The minimum Gasteiger partial charge on any atom is -0.481 e. The summed E-state index contributed by atoms with van der Waals surface area (Å²) < 4.78 is 0.784. The second-order valence-corrected chi connectivity index (χ2v) is 4.09. The summed E-state index contributed by atoms with van der Waals surface area (Å²) in [7, 11) is 0. The molecule has 5 nitrogen and oxygen atoms in total. The SMILES string of the molecule is O=C(O)C[C@@H]1C(=O)N=C2C=CC(Br)=CN21. The summed E-state index contributed by atoms with van der Waals surface area (Å²) in [5.41, 5.74) is 0. The normalized spacial score (nSPS) is 23.7. The Morgan fingerprint density at radius 2 is 2.33 bits per heavy atom. The lowest BCUT2D eigenvalue weighted by Gasteiger charge is -2.22. The Morgan fingerprint density at radius 3 is 3.00 bits per heavy atom. The zero-order valence-electron chi connectivity index (χ0n) is 7.55. The molecule has 0 saturated heterocycles. The van der Waals surface area contributed by atoms with Gasteiger partial charge in [-0.1, -0.05) is 0 Å². The Hall–Kier alpha value is -1.43. The van der Waals surface area contributed by atoms with E-state index in [9.17, 15) is 9.59 Å². The molecule has 0 radical (unpaired) electrons. The molecule has 1 N–H and O–H groups in total. The van der Waals surface area contributed by atoms with E-state index >= 15 is 0 Å². The molecule has 0 saturated carbocycles. The number of hydrogen-bond donors (Lipinski definition) is 1. The van der Waals surface area contributed by atoms with Gasteiger partial charge in [0.2, 0.25) is 0 Å². The van der Waals surface area contributed by atoms with Crippen LogP contribution in [0.2, 0.25) is 0 Å². The van der Waals surface area contributed by atoms with Crippen LogP contribution in [0.4, 0.5) is 0 Å². The summed E-state index contributed by atoms with van der Waals surface area (Å²) in [6.45, 7) is 0. The highest BCUT2D eigenvalue weighted by molar-refractivity contribution is 9.11. The molecular formula is C9H7BrN2O3. The van der Waals surface area contributed by atoms with E-state index in [0.717, 1.165) is 4.48 Å². The first-order chi connectivity index (χ1) is 7.08. The Bertz CT molecular complexity index is 425. The second-order valence-electron chi connectivity index (χ2n) is 3.18. The maximum Gasteiger partial charge on any atom is 0.306 e. The zero-order chi connectivity index (χ0) is 11.0. The zero-order valence-corrected chi connectivity index (χ0v) is 9.14. The van der Waals surface area contributed by atoms with E-state index in [0.29, 0.717) is 5.84 Å². The Balaban J connectivity index is 2.27. The molecule has 2 aliphatic heterocycles. The molecule has 0 aliphatic carbocycles. The van der Waals surface area contributed by atoms with E-state index in [-0.39, 0.29) is 6.42 Å². The van der Waals surface area contributed by atoms with Crippen molar-refractivity contribution < 1.29 is 14.7 Å². The molecule has 1 atom stereocenters. The van der Waals surface area contributed by atoms with Gasteiger partial charge in [0.25, 0.3) is 5.91 Å². The molecule has 0 aromatic rings. The molecular weight excluding hydrogens is 264 g/mol. The van der Waals surface area contributed by atoms with Crippen molar-refractivity contribution in [1.82, 2.24) is 4.90 Å². The monoisotopic (exact) mass is 270 g/mol. The quantitative estimate of drug-likeness (QED) is 0.809. The summed E-state index contributed by atoms with van der Waals surface area (Å²) in [5.74, 6) is -0.922. The van der Waals surface area contributed by atoms with Crippen LogP contribution < -0.4 is 0 Å². The fourth-order valence-electron chi connectivity index (χ4n) is 1.48. The third-order valence-electron chi connectivity index (χ3n) is 2.13. The van der Waals surface area contributed by atoms with Gasteiger partial charge in [-0.2, -0.15) is 4.99 Å². The lowest BCUT2D eigenvalue weighted by molar-refractivity contribution is -0.139. The number of allylic oxidation sites excluding steroid dienone is 2. The van der Waals surface area contributed by atoms with Crippen molar-refractivity contribution >= 4 is 33.6 Å². The molecule has 2 heterocycles. The van der Waals surface area contributed by atoms with Crippen molar-refractivity contribution in [2.45, 2.75) is 12.5 Å². The number of fused-ring (bicyclic) bond motifs is 1. The summed E-state index contributed by atoms with van der Waals surface area (Å²) in [5, 5.41) is 8.67. The third-order valence-corrected chi connectivity index (χ3v) is 2.60. The number of carbonyl (C=O) groups excluding carboxylic acids is 1. The van der Waals surface area contributed by atoms with Crippen molar-refractivity contribution in [2.24, 2.45) is 4.99 Å². The van der Waals surface area contributed by atoms with Crippen molar-refractivity contribution in [2.75, 3.05) is 0 Å². The summed E-state index contributed by atoms with van der Waals surface area (Å²) in [6, 6.07) is -0.713. The maximum absolute atomic E-state index is 11.4. The van der Waals surface area contributed by atoms with Gasteiger partial charge in [-0.3, -0.25) is 9.59 Å². The van der Waals surface area contributed by atoms with Crippen molar-refractivity contribution in [3.05, 3.63) is 22.8 Å². The summed E-state index contributed by atoms with van der Waals surface area (Å²) in [6.07, 6.45) is 4.85. The van der Waals surface area contributed by atoms with Gasteiger partial charge in [0.05, 0.1) is 6.42 Å². The van der Waals surface area contributed by atoms with Crippen LogP contribution in [0.3, 0.4) is 0 Å². The molecule has 0 unspecified atom stereocenters. The van der Waals surface area contributed by atoms with Crippen molar-refractivity contribution in [1.29, 1.82) is 0 Å². The predicted octanol–water partition coefficient (Wildman–Crippen LogP) is 0.877. The maximum atomic E-state index is 11.4. The number of halogens is 1. The molecule has 2 aliphatic rings. The molecule has 1 amide bonds. The fourth-order valence-corrected chi connectivity index (χ4v) is 1.84. The molecule has 2 rings (SSSR count). The minimum atomic E-state index is -1.01. The molecule has 15 heavy (non-hydrogen) atoms. The highest BCUT2D eigenvalue weighted by Gasteiger charge is 2.35. The van der Waals surface area contributed by atoms with Crippen LogP contribution in [0.5, 0.6) is 0 Å². The van der Waals surface area contributed by atoms with Crippen LogP contribution in [-0.2, 0) is 9.59 Å². The van der Waals surface area contributed by atoms with Gasteiger partial charge in [-0.05, 0) is 28.1 Å². The number of carbonyl (C=O) groups is 2. The molecule has 78 valence electrons. The number of carboxylic acids is 1. The van der Waals surface area contributed by atoms with Crippen molar-refractivity contribution in [3.8, 4) is 0 Å². The fraction of sp³-hybridized carbons (Fsp3) is 0.222.